The van der Waals surface area contributed by atoms with Gasteiger partial charge in [0.1, 0.15) is 13.2 Å². The van der Waals surface area contributed by atoms with Crippen molar-refractivity contribution < 1.29 is 28.6 Å². The van der Waals surface area contributed by atoms with Gasteiger partial charge in [0.2, 0.25) is 0 Å². The monoisotopic (exact) mass is 953 g/mol. The Morgan fingerprint density at radius 2 is 0.574 bits per heavy atom. The minimum absolute atomic E-state index is 0.0797. The molecule has 0 radical (unpaired) electrons. The highest BCUT2D eigenvalue weighted by molar-refractivity contribution is 5.71. The van der Waals surface area contributed by atoms with E-state index in [-0.39, 0.29) is 31.1 Å². The smallest absolute Gasteiger partial charge is 0.306 e. The Balaban J connectivity index is 4.34. The molecule has 0 aliphatic heterocycles. The van der Waals surface area contributed by atoms with E-state index >= 15 is 0 Å². The van der Waals surface area contributed by atoms with Gasteiger partial charge in [-0.2, -0.15) is 0 Å². The molecule has 0 aliphatic carbocycles. The van der Waals surface area contributed by atoms with Crippen LogP contribution in [0.1, 0.15) is 310 Å². The molecular weight excluding hydrogens is 841 g/mol. The Kier molecular flexibility index (Phi) is 54.8. The SMILES string of the molecule is CC/C=C\C/C=C\C/C=C\CCCCCCCC(=O)OC(COC(=O)CCCCCCC/C=C\CCCCCCCC)COC(=O)CCCCCCCCCCCCCCCCCCCCCC. The number of ether oxygens (including phenoxy) is 3. The van der Waals surface area contributed by atoms with Crippen molar-refractivity contribution in [2.45, 2.75) is 316 Å². The fourth-order valence-electron chi connectivity index (χ4n) is 8.63. The summed E-state index contributed by atoms with van der Waals surface area (Å²) in [6.45, 7) is 6.54. The third-order valence-electron chi connectivity index (χ3n) is 13.1. The van der Waals surface area contributed by atoms with Crippen LogP contribution in [0.3, 0.4) is 0 Å². The summed E-state index contributed by atoms with van der Waals surface area (Å²) in [4.78, 5) is 38.2. The van der Waals surface area contributed by atoms with Crippen LogP contribution in [0.5, 0.6) is 0 Å². The minimum Gasteiger partial charge on any atom is -0.462 e. The molecule has 0 aromatic rings. The topological polar surface area (TPSA) is 78.9 Å². The summed E-state index contributed by atoms with van der Waals surface area (Å²) in [5.41, 5.74) is 0. The summed E-state index contributed by atoms with van der Waals surface area (Å²) in [6.07, 6.45) is 69.6. The molecule has 1 unspecified atom stereocenters. The molecule has 0 heterocycles. The van der Waals surface area contributed by atoms with Crippen LogP contribution in [0, 0.1) is 0 Å². The van der Waals surface area contributed by atoms with Crippen molar-refractivity contribution in [1.29, 1.82) is 0 Å². The number of carbonyl (C=O) groups excluding carboxylic acids is 3. The number of rotatable bonds is 54. The molecule has 68 heavy (non-hydrogen) atoms. The van der Waals surface area contributed by atoms with Crippen LogP contribution in [-0.2, 0) is 28.6 Å². The Labute approximate surface area is 422 Å². The van der Waals surface area contributed by atoms with Gasteiger partial charge < -0.3 is 14.2 Å². The molecule has 0 saturated carbocycles. The van der Waals surface area contributed by atoms with E-state index in [1.165, 1.54) is 167 Å². The zero-order valence-corrected chi connectivity index (χ0v) is 45.4. The van der Waals surface area contributed by atoms with Crippen LogP contribution in [0.15, 0.2) is 48.6 Å². The molecule has 396 valence electrons. The second-order valence-electron chi connectivity index (χ2n) is 19.9. The average Bonchev–Trinajstić information content (AvgIpc) is 3.34. The summed E-state index contributed by atoms with van der Waals surface area (Å²) in [7, 11) is 0. The summed E-state index contributed by atoms with van der Waals surface area (Å²) < 4.78 is 16.9. The van der Waals surface area contributed by atoms with Crippen molar-refractivity contribution in [3.05, 3.63) is 48.6 Å². The quantitative estimate of drug-likeness (QED) is 0.0262. The maximum absolute atomic E-state index is 12.8. The van der Waals surface area contributed by atoms with Gasteiger partial charge in [-0.1, -0.05) is 262 Å². The second kappa shape index (κ2) is 57.0. The standard InChI is InChI=1S/C62H112O6/c1-4-7-10-13-16-19-22-25-28-29-30-31-32-35-37-40-43-46-49-52-55-61(64)67-58-59(68-62(65)56-53-50-47-44-41-38-34-27-24-21-18-15-12-9-6-3)57-66-60(63)54-51-48-45-42-39-36-33-26-23-20-17-14-11-8-5-2/h9,12,18,21,26-27,33-34,59H,4-8,10-11,13-17,19-20,22-25,28-32,35-58H2,1-3H3/b12-9-,21-18-,33-26-,34-27-. The Bertz CT molecular complexity index is 1190. The van der Waals surface area contributed by atoms with E-state index in [2.05, 4.69) is 69.4 Å². The molecule has 0 saturated heterocycles. The first-order valence-electron chi connectivity index (χ1n) is 29.6. The molecule has 0 bridgehead atoms. The first-order chi connectivity index (χ1) is 33.5. The second-order valence-corrected chi connectivity index (χ2v) is 19.9. The van der Waals surface area contributed by atoms with E-state index in [4.69, 9.17) is 14.2 Å². The maximum atomic E-state index is 12.8. The molecule has 1 atom stereocenters. The molecular formula is C62H112O6. The highest BCUT2D eigenvalue weighted by Crippen LogP contribution is 2.17. The van der Waals surface area contributed by atoms with E-state index in [1.54, 1.807) is 0 Å². The van der Waals surface area contributed by atoms with Gasteiger partial charge in [-0.25, -0.2) is 0 Å². The Morgan fingerprint density at radius 1 is 0.309 bits per heavy atom. The van der Waals surface area contributed by atoms with Crippen molar-refractivity contribution in [1.82, 2.24) is 0 Å². The molecule has 0 amide bonds. The number of allylic oxidation sites excluding steroid dienone is 8. The molecule has 0 rings (SSSR count). The van der Waals surface area contributed by atoms with E-state index < -0.39 is 6.10 Å². The zero-order valence-electron chi connectivity index (χ0n) is 45.4. The lowest BCUT2D eigenvalue weighted by molar-refractivity contribution is -0.167. The van der Waals surface area contributed by atoms with Crippen LogP contribution in [0.4, 0.5) is 0 Å². The fraction of sp³-hybridized carbons (Fsp3) is 0.823. The summed E-state index contributed by atoms with van der Waals surface area (Å²) in [5, 5.41) is 0. The third-order valence-corrected chi connectivity index (χ3v) is 13.1. The van der Waals surface area contributed by atoms with Crippen molar-refractivity contribution in [2.24, 2.45) is 0 Å². The lowest BCUT2D eigenvalue weighted by Crippen LogP contribution is -2.30. The van der Waals surface area contributed by atoms with E-state index in [0.717, 1.165) is 103 Å². The van der Waals surface area contributed by atoms with Crippen LogP contribution in [0.25, 0.3) is 0 Å². The van der Waals surface area contributed by atoms with Crippen LogP contribution >= 0.6 is 0 Å². The van der Waals surface area contributed by atoms with E-state index in [0.29, 0.717) is 19.3 Å². The Morgan fingerprint density at radius 3 is 0.912 bits per heavy atom. The van der Waals surface area contributed by atoms with Gasteiger partial charge in [0.15, 0.2) is 6.10 Å². The molecule has 6 nitrogen and oxygen atoms in total. The normalized spacial score (nSPS) is 12.3. The fourth-order valence-corrected chi connectivity index (χ4v) is 8.63. The molecule has 0 spiro atoms. The van der Waals surface area contributed by atoms with E-state index in [9.17, 15) is 14.4 Å². The lowest BCUT2D eigenvalue weighted by atomic mass is 10.0. The number of hydrogen-bond acceptors (Lipinski definition) is 6. The molecule has 0 fully saturated rings. The largest absolute Gasteiger partial charge is 0.462 e. The van der Waals surface area contributed by atoms with Gasteiger partial charge in [-0.05, 0) is 77.0 Å². The van der Waals surface area contributed by atoms with Crippen LogP contribution < -0.4 is 0 Å². The number of unbranched alkanes of at least 4 members (excludes halogenated alkanes) is 35. The molecule has 0 aromatic heterocycles. The number of hydrogen-bond donors (Lipinski definition) is 0. The first kappa shape index (κ1) is 65.4. The predicted octanol–water partition coefficient (Wildman–Crippen LogP) is 19.8. The lowest BCUT2D eigenvalue weighted by Gasteiger charge is -2.18. The van der Waals surface area contributed by atoms with Crippen molar-refractivity contribution in [3.8, 4) is 0 Å². The third kappa shape index (κ3) is 54.3. The van der Waals surface area contributed by atoms with Gasteiger partial charge in [-0.3, -0.25) is 14.4 Å². The van der Waals surface area contributed by atoms with Gasteiger partial charge in [0, 0.05) is 19.3 Å². The van der Waals surface area contributed by atoms with Crippen molar-refractivity contribution in [3.63, 3.8) is 0 Å². The number of esters is 3. The highest BCUT2D eigenvalue weighted by atomic mass is 16.6. The van der Waals surface area contributed by atoms with Crippen LogP contribution in [0.2, 0.25) is 0 Å². The van der Waals surface area contributed by atoms with Gasteiger partial charge in [0.25, 0.3) is 0 Å². The maximum Gasteiger partial charge on any atom is 0.306 e. The molecule has 0 N–H and O–H groups in total. The van der Waals surface area contributed by atoms with Crippen molar-refractivity contribution >= 4 is 17.9 Å². The minimum atomic E-state index is -0.783. The highest BCUT2D eigenvalue weighted by Gasteiger charge is 2.19. The Hall–Kier alpha value is -2.63. The predicted molar refractivity (Wildman–Crippen MR) is 293 cm³/mol. The zero-order chi connectivity index (χ0) is 49.3. The summed E-state index contributed by atoms with van der Waals surface area (Å²) >= 11 is 0. The molecule has 6 heteroatoms. The van der Waals surface area contributed by atoms with Gasteiger partial charge >= 0.3 is 17.9 Å². The number of carbonyl (C=O) groups is 3. The molecule has 0 aliphatic rings. The average molecular weight is 954 g/mol. The van der Waals surface area contributed by atoms with E-state index in [1.807, 2.05) is 0 Å². The summed E-state index contributed by atoms with van der Waals surface area (Å²) in [6, 6.07) is 0. The van der Waals surface area contributed by atoms with Gasteiger partial charge in [0.05, 0.1) is 0 Å². The first-order valence-corrected chi connectivity index (χ1v) is 29.6. The van der Waals surface area contributed by atoms with Gasteiger partial charge in [-0.15, -0.1) is 0 Å². The van der Waals surface area contributed by atoms with Crippen molar-refractivity contribution in [2.75, 3.05) is 13.2 Å². The van der Waals surface area contributed by atoms with Crippen LogP contribution in [-0.4, -0.2) is 37.2 Å². The summed E-state index contributed by atoms with van der Waals surface area (Å²) in [5.74, 6) is -0.890. The molecule has 0 aromatic carbocycles.